The van der Waals surface area contributed by atoms with Gasteiger partial charge in [0.05, 0.1) is 10.2 Å². The lowest BCUT2D eigenvalue weighted by atomic mass is 10.0. The van der Waals surface area contributed by atoms with Gasteiger partial charge in [0, 0.05) is 5.25 Å². The Labute approximate surface area is 141 Å². The quantitative estimate of drug-likeness (QED) is 0.456. The summed E-state index contributed by atoms with van der Waals surface area (Å²) in [6, 6.07) is 0. The summed E-state index contributed by atoms with van der Waals surface area (Å²) < 4.78 is 0. The molecule has 0 bridgehead atoms. The first-order valence-electron chi connectivity index (χ1n) is 6.52. The molecule has 0 atom stereocenters. The van der Waals surface area contributed by atoms with Gasteiger partial charge < -0.3 is 0 Å². The molecule has 0 nitrogen and oxygen atoms in total. The van der Waals surface area contributed by atoms with Gasteiger partial charge in [-0.3, -0.25) is 0 Å². The van der Waals surface area contributed by atoms with E-state index in [-0.39, 0.29) is 12.4 Å². The lowest BCUT2D eigenvalue weighted by molar-refractivity contribution is 0.504. The van der Waals surface area contributed by atoms with E-state index < -0.39 is 0 Å². The Hall–Kier alpha value is 1.86. The van der Waals surface area contributed by atoms with Crippen LogP contribution in [0.25, 0.3) is 0 Å². The number of hydrogen-bond acceptors (Lipinski definition) is 2. The van der Waals surface area contributed by atoms with E-state index in [0.29, 0.717) is 10.2 Å². The predicted molar refractivity (Wildman–Crippen MR) is 94.6 cm³/mol. The van der Waals surface area contributed by atoms with Crippen molar-refractivity contribution in [2.24, 2.45) is 0 Å². The normalized spacial score (nSPS) is 19.5. The molecular formula is C12H24Cl4S2. The first-order valence-corrected chi connectivity index (χ1v) is 10.7. The molecule has 0 aliphatic heterocycles. The van der Waals surface area contributed by atoms with Gasteiger partial charge in [-0.25, -0.2) is 0 Å². The van der Waals surface area contributed by atoms with E-state index in [1.807, 2.05) is 0 Å². The van der Waals surface area contributed by atoms with Gasteiger partial charge >= 0.3 is 0 Å². The average molecular weight is 374 g/mol. The molecule has 2 rings (SSSR count). The highest BCUT2D eigenvalue weighted by Crippen LogP contribution is 2.30. The Morgan fingerprint density at radius 2 is 0.889 bits per heavy atom. The first-order chi connectivity index (χ1) is 8.35. The van der Waals surface area contributed by atoms with Gasteiger partial charge in [0.2, 0.25) is 0 Å². The summed E-state index contributed by atoms with van der Waals surface area (Å²) >= 11 is 0. The van der Waals surface area contributed by atoms with E-state index in [9.17, 15) is 0 Å². The Bertz CT molecular complexity index is 129. The lowest BCUT2D eigenvalue weighted by Gasteiger charge is -2.16. The van der Waals surface area contributed by atoms with Crippen LogP contribution < -0.4 is 0 Å². The largest absolute Gasteiger partial charge is 0.147 e. The van der Waals surface area contributed by atoms with E-state index in [0.717, 1.165) is 5.25 Å². The number of halogens is 4. The van der Waals surface area contributed by atoms with Crippen LogP contribution in [-0.4, -0.2) is 5.25 Å². The molecule has 2 aliphatic carbocycles. The smallest absolute Gasteiger partial charge is 0.0523 e. The molecule has 0 saturated heterocycles. The van der Waals surface area contributed by atoms with Crippen molar-refractivity contribution in [3.8, 4) is 0 Å². The minimum atomic E-state index is 0. The van der Waals surface area contributed by atoms with Crippen LogP contribution in [0.3, 0.4) is 0 Å². The molecule has 2 saturated carbocycles. The second kappa shape index (κ2) is 18.9. The maximum atomic E-state index is 5.60. The molecular weight excluding hydrogens is 350 g/mol. The molecule has 2 fully saturated rings. The second-order valence-electron chi connectivity index (χ2n) is 4.53. The molecule has 0 amide bonds. The Balaban J connectivity index is 0. The van der Waals surface area contributed by atoms with Crippen LogP contribution in [0.4, 0.5) is 0 Å². The van der Waals surface area contributed by atoms with Crippen LogP contribution in [-0.2, 0) is 0 Å². The Morgan fingerprint density at radius 3 is 1.11 bits per heavy atom. The van der Waals surface area contributed by atoms with Crippen molar-refractivity contribution < 1.29 is 0 Å². The van der Waals surface area contributed by atoms with Gasteiger partial charge in [-0.05, 0) is 44.9 Å². The molecule has 18 heavy (non-hydrogen) atoms. The van der Waals surface area contributed by atoms with Crippen LogP contribution in [0.1, 0.15) is 70.6 Å². The zero-order valence-electron chi connectivity index (χ0n) is 10.7. The standard InChI is InChI=1S/C6H11ClS.C6H12.Cl2S.ClH/c7-8-6-4-2-1-3-5-6;1-2-4-6-5-3-1;1-3-2;/h6H,1-5H2;1-6H2;;1H. The van der Waals surface area contributed by atoms with Gasteiger partial charge in [0.25, 0.3) is 0 Å². The predicted octanol–water partition coefficient (Wildman–Crippen LogP) is 8.00. The highest BCUT2D eigenvalue weighted by molar-refractivity contribution is 8.38. The van der Waals surface area contributed by atoms with Gasteiger partial charge in [-0.2, -0.15) is 0 Å². The van der Waals surface area contributed by atoms with Crippen molar-refractivity contribution in [3.63, 3.8) is 0 Å². The zero-order valence-corrected chi connectivity index (χ0v) is 15.4. The highest BCUT2D eigenvalue weighted by atomic mass is 36.0. The van der Waals surface area contributed by atoms with Gasteiger partial charge in [0.15, 0.2) is 0 Å². The van der Waals surface area contributed by atoms with Crippen LogP contribution >= 0.6 is 65.6 Å². The highest BCUT2D eigenvalue weighted by Gasteiger charge is 2.11. The van der Waals surface area contributed by atoms with Crippen LogP contribution in [0.2, 0.25) is 0 Å². The molecule has 6 heteroatoms. The van der Waals surface area contributed by atoms with E-state index in [1.165, 1.54) is 81.6 Å². The summed E-state index contributed by atoms with van der Waals surface area (Å²) in [4.78, 5) is 0. The van der Waals surface area contributed by atoms with Crippen molar-refractivity contribution >= 4 is 65.6 Å². The zero-order chi connectivity index (χ0) is 12.8. The van der Waals surface area contributed by atoms with Crippen molar-refractivity contribution in [2.45, 2.75) is 75.9 Å². The van der Waals surface area contributed by atoms with Crippen molar-refractivity contribution in [3.05, 3.63) is 0 Å². The summed E-state index contributed by atoms with van der Waals surface area (Å²) in [5, 5.41) is 0.769. The summed E-state index contributed by atoms with van der Waals surface area (Å²) in [5.41, 5.74) is 0. The molecule has 0 radical (unpaired) electrons. The van der Waals surface area contributed by atoms with Gasteiger partial charge in [0.1, 0.15) is 0 Å². The molecule has 0 aromatic heterocycles. The molecule has 0 unspecified atom stereocenters. The second-order valence-corrected chi connectivity index (χ2v) is 7.42. The molecule has 112 valence electrons. The lowest BCUT2D eigenvalue weighted by Crippen LogP contribution is -2.05. The van der Waals surface area contributed by atoms with Crippen LogP contribution in [0.15, 0.2) is 0 Å². The minimum absolute atomic E-state index is 0. The topological polar surface area (TPSA) is 0 Å². The average Bonchev–Trinajstić information content (AvgIpc) is 2.43. The summed E-state index contributed by atoms with van der Waals surface area (Å²) in [5.74, 6) is 0. The molecule has 0 aromatic rings. The van der Waals surface area contributed by atoms with Crippen molar-refractivity contribution in [1.82, 2.24) is 0 Å². The van der Waals surface area contributed by atoms with Gasteiger partial charge in [-0.15, -0.1) is 12.4 Å². The Kier molecular flexibility index (Phi) is 23.2. The third-order valence-corrected chi connectivity index (χ3v) is 4.66. The summed E-state index contributed by atoms with van der Waals surface area (Å²) in [6.45, 7) is 0. The molecule has 0 N–H and O–H groups in total. The van der Waals surface area contributed by atoms with Crippen LogP contribution in [0, 0.1) is 0 Å². The fraction of sp³-hybridized carbons (Fsp3) is 1.00. The maximum Gasteiger partial charge on any atom is 0.0523 e. The molecule has 0 heterocycles. The fourth-order valence-electron chi connectivity index (χ4n) is 2.21. The van der Waals surface area contributed by atoms with E-state index in [1.54, 1.807) is 0 Å². The van der Waals surface area contributed by atoms with E-state index in [4.69, 9.17) is 10.7 Å². The fourth-order valence-corrected chi connectivity index (χ4v) is 3.26. The SMILES string of the molecule is C1CCCCC1.Cl.ClSC1CCCCC1.ClSCl. The minimum Gasteiger partial charge on any atom is -0.147 e. The van der Waals surface area contributed by atoms with E-state index in [2.05, 4.69) is 21.4 Å². The Morgan fingerprint density at radius 1 is 0.611 bits per heavy atom. The molecule has 0 spiro atoms. The molecule has 0 aromatic carbocycles. The first kappa shape index (κ1) is 22.1. The summed E-state index contributed by atoms with van der Waals surface area (Å²) in [6.07, 6.45) is 15.9. The van der Waals surface area contributed by atoms with Crippen molar-refractivity contribution in [2.75, 3.05) is 0 Å². The van der Waals surface area contributed by atoms with Crippen molar-refractivity contribution in [1.29, 1.82) is 0 Å². The molecule has 2 aliphatic rings. The van der Waals surface area contributed by atoms with E-state index >= 15 is 0 Å². The third-order valence-electron chi connectivity index (χ3n) is 3.18. The number of rotatable bonds is 1. The third kappa shape index (κ3) is 15.9. The monoisotopic (exact) mass is 372 g/mol. The summed E-state index contributed by atoms with van der Waals surface area (Å²) in [7, 11) is 17.2. The van der Waals surface area contributed by atoms with Crippen LogP contribution in [0.5, 0.6) is 0 Å². The maximum absolute atomic E-state index is 5.60. The van der Waals surface area contributed by atoms with Gasteiger partial charge in [-0.1, -0.05) is 68.8 Å². The number of hydrogen-bond donors (Lipinski definition) is 0.